The number of benzene rings is 3. The van der Waals surface area contributed by atoms with E-state index in [1.165, 1.54) is 5.56 Å². The van der Waals surface area contributed by atoms with Gasteiger partial charge in [0.1, 0.15) is 22.8 Å². The number of aryl methyl sites for hydroxylation is 1. The Morgan fingerprint density at radius 1 is 1.06 bits per heavy atom. The molecule has 0 aromatic heterocycles. The zero-order chi connectivity index (χ0) is 25.9. The Bertz CT molecular complexity index is 1210. The van der Waals surface area contributed by atoms with Crippen LogP contribution in [0.15, 0.2) is 66.7 Å². The highest BCUT2D eigenvalue weighted by atomic mass is 35.5. The predicted molar refractivity (Wildman–Crippen MR) is 140 cm³/mol. The zero-order valence-corrected chi connectivity index (χ0v) is 21.5. The number of aliphatic hydroxyl groups is 1. The molecule has 3 aromatic rings. The van der Waals surface area contributed by atoms with E-state index in [4.69, 9.17) is 21.1 Å². The van der Waals surface area contributed by atoms with Gasteiger partial charge in [0.2, 0.25) is 0 Å². The third-order valence-corrected chi connectivity index (χ3v) is 6.36. The average molecular weight is 510 g/mol. The fourth-order valence-electron chi connectivity index (χ4n) is 4.39. The molecule has 1 aliphatic carbocycles. The van der Waals surface area contributed by atoms with Crippen LogP contribution in [0, 0.1) is 0 Å². The number of phenols is 1. The molecule has 1 aliphatic rings. The molecule has 4 rings (SSSR count). The van der Waals surface area contributed by atoms with Crippen LogP contribution in [0.1, 0.15) is 50.0 Å². The summed E-state index contributed by atoms with van der Waals surface area (Å²) in [7, 11) is 0. The standard InChI is InChI=1S/C29H32ClNO5/c1-29(2,3)36-28(34)31(18-27(33)20-5-4-6-22(30)15-20)23-9-7-19-8-12-26(17-21(19)16-23)35-25-13-10-24(32)11-14-25/h4-6,8,10-15,17,23,27,32-33H,7,9,16,18H2,1-3H3/t23-,27-/m0/s1. The largest absolute Gasteiger partial charge is 0.508 e. The minimum Gasteiger partial charge on any atom is -0.508 e. The summed E-state index contributed by atoms with van der Waals surface area (Å²) >= 11 is 6.12. The Kier molecular flexibility index (Phi) is 7.76. The van der Waals surface area contributed by atoms with Gasteiger partial charge in [-0.05, 0) is 105 Å². The van der Waals surface area contributed by atoms with Gasteiger partial charge in [-0.1, -0.05) is 29.8 Å². The van der Waals surface area contributed by atoms with Gasteiger partial charge in [-0.25, -0.2) is 4.79 Å². The van der Waals surface area contributed by atoms with Crippen LogP contribution in [-0.4, -0.2) is 39.4 Å². The van der Waals surface area contributed by atoms with Crippen LogP contribution in [-0.2, 0) is 17.6 Å². The lowest BCUT2D eigenvalue weighted by molar-refractivity contribution is 0.00195. The van der Waals surface area contributed by atoms with E-state index in [0.717, 1.165) is 18.4 Å². The molecule has 1 amide bonds. The van der Waals surface area contributed by atoms with Crippen LogP contribution in [0.5, 0.6) is 17.2 Å². The molecule has 6 nitrogen and oxygen atoms in total. The van der Waals surface area contributed by atoms with E-state index in [2.05, 4.69) is 6.07 Å². The fourth-order valence-corrected chi connectivity index (χ4v) is 4.59. The lowest BCUT2D eigenvalue weighted by Gasteiger charge is -2.37. The van der Waals surface area contributed by atoms with Crippen molar-refractivity contribution in [1.82, 2.24) is 4.90 Å². The molecule has 0 saturated heterocycles. The third-order valence-electron chi connectivity index (χ3n) is 6.12. The van der Waals surface area contributed by atoms with Gasteiger partial charge in [0, 0.05) is 11.1 Å². The minimum atomic E-state index is -0.901. The van der Waals surface area contributed by atoms with Crippen molar-refractivity contribution in [3.8, 4) is 17.2 Å². The molecule has 0 heterocycles. The van der Waals surface area contributed by atoms with Gasteiger partial charge >= 0.3 is 6.09 Å². The van der Waals surface area contributed by atoms with Gasteiger partial charge in [-0.2, -0.15) is 0 Å². The van der Waals surface area contributed by atoms with Crippen LogP contribution in [0.25, 0.3) is 0 Å². The first-order valence-corrected chi connectivity index (χ1v) is 12.5. The van der Waals surface area contributed by atoms with Crippen molar-refractivity contribution >= 4 is 17.7 Å². The maximum Gasteiger partial charge on any atom is 0.410 e. The first-order chi connectivity index (χ1) is 17.1. The Labute approximate surface area is 217 Å². The summed E-state index contributed by atoms with van der Waals surface area (Å²) in [6.07, 6.45) is 0.817. The summed E-state index contributed by atoms with van der Waals surface area (Å²) in [4.78, 5) is 14.9. The molecule has 0 fully saturated rings. The van der Waals surface area contributed by atoms with Crippen LogP contribution in [0.4, 0.5) is 4.79 Å². The number of hydrogen-bond acceptors (Lipinski definition) is 5. The van der Waals surface area contributed by atoms with Gasteiger partial charge in [0.05, 0.1) is 12.6 Å². The van der Waals surface area contributed by atoms with Crippen molar-refractivity contribution < 1.29 is 24.5 Å². The minimum absolute atomic E-state index is 0.0962. The van der Waals surface area contributed by atoms with Gasteiger partial charge in [-0.3, -0.25) is 0 Å². The molecule has 2 N–H and O–H groups in total. The lowest BCUT2D eigenvalue weighted by atomic mass is 9.87. The normalized spacial score (nSPS) is 16.1. The van der Waals surface area contributed by atoms with E-state index >= 15 is 0 Å². The van der Waals surface area contributed by atoms with E-state index in [1.807, 2.05) is 32.9 Å². The number of carbonyl (C=O) groups is 1. The summed E-state index contributed by atoms with van der Waals surface area (Å²) in [5.74, 6) is 1.49. The summed E-state index contributed by atoms with van der Waals surface area (Å²) < 4.78 is 11.7. The molecule has 2 atom stereocenters. The second-order valence-electron chi connectivity index (χ2n) is 10.1. The number of ether oxygens (including phenoxy) is 2. The molecule has 0 aliphatic heterocycles. The molecule has 0 spiro atoms. The Balaban J connectivity index is 1.55. The van der Waals surface area contributed by atoms with Crippen LogP contribution in [0.3, 0.4) is 0 Å². The average Bonchev–Trinajstić information content (AvgIpc) is 2.82. The van der Waals surface area contributed by atoms with E-state index < -0.39 is 17.8 Å². The van der Waals surface area contributed by atoms with Crippen molar-refractivity contribution in [2.45, 2.75) is 57.8 Å². The lowest BCUT2D eigenvalue weighted by Crippen LogP contribution is -2.47. The monoisotopic (exact) mass is 509 g/mol. The highest BCUT2D eigenvalue weighted by molar-refractivity contribution is 6.30. The molecule has 3 aromatic carbocycles. The molecular formula is C29H32ClNO5. The number of fused-ring (bicyclic) bond motifs is 1. The first kappa shape index (κ1) is 25.9. The van der Waals surface area contributed by atoms with Crippen LogP contribution in [0.2, 0.25) is 5.02 Å². The van der Waals surface area contributed by atoms with Crippen molar-refractivity contribution in [2.75, 3.05) is 6.54 Å². The second kappa shape index (κ2) is 10.8. The molecule has 0 unspecified atom stereocenters. The Morgan fingerprint density at radius 2 is 1.78 bits per heavy atom. The molecule has 7 heteroatoms. The highest BCUT2D eigenvalue weighted by Crippen LogP contribution is 2.32. The quantitative estimate of drug-likeness (QED) is 0.388. The molecule has 190 valence electrons. The number of amides is 1. The number of aromatic hydroxyl groups is 1. The number of nitrogens with zero attached hydrogens (tertiary/aromatic N) is 1. The number of aliphatic hydroxyl groups excluding tert-OH is 1. The van der Waals surface area contributed by atoms with Gasteiger partial charge in [0.15, 0.2) is 0 Å². The highest BCUT2D eigenvalue weighted by Gasteiger charge is 2.33. The van der Waals surface area contributed by atoms with Crippen molar-refractivity contribution in [3.63, 3.8) is 0 Å². The van der Waals surface area contributed by atoms with E-state index in [1.54, 1.807) is 53.4 Å². The number of rotatable bonds is 6. The van der Waals surface area contributed by atoms with Crippen LogP contribution >= 0.6 is 11.6 Å². The topological polar surface area (TPSA) is 79.2 Å². The fraction of sp³-hybridized carbons (Fsp3) is 0.345. The number of phenolic OH excluding ortho intramolecular Hbond substituents is 1. The number of carbonyl (C=O) groups excluding carboxylic acids is 1. The summed E-state index contributed by atoms with van der Waals surface area (Å²) in [5.41, 5.74) is 2.29. The second-order valence-corrected chi connectivity index (χ2v) is 10.6. The summed E-state index contributed by atoms with van der Waals surface area (Å²) in [6.45, 7) is 5.59. The SMILES string of the molecule is CC(C)(C)OC(=O)N(C[C@H](O)c1cccc(Cl)c1)[C@H]1CCc2ccc(Oc3ccc(O)cc3)cc2C1. The predicted octanol–water partition coefficient (Wildman–Crippen LogP) is 6.67. The van der Waals surface area contributed by atoms with Crippen LogP contribution < -0.4 is 4.74 Å². The molecule has 0 radical (unpaired) electrons. The maximum atomic E-state index is 13.3. The van der Waals surface area contributed by atoms with Gasteiger partial charge < -0.3 is 24.6 Å². The maximum absolute atomic E-state index is 13.3. The summed E-state index contributed by atoms with van der Waals surface area (Å²) in [5, 5.41) is 21.0. The molecule has 0 bridgehead atoms. The van der Waals surface area contributed by atoms with Crippen molar-refractivity contribution in [3.05, 3.63) is 88.4 Å². The third kappa shape index (κ3) is 6.71. The number of halogens is 1. The van der Waals surface area contributed by atoms with Gasteiger partial charge in [-0.15, -0.1) is 0 Å². The van der Waals surface area contributed by atoms with E-state index in [9.17, 15) is 15.0 Å². The first-order valence-electron chi connectivity index (χ1n) is 12.1. The molecule has 36 heavy (non-hydrogen) atoms. The molecular weight excluding hydrogens is 478 g/mol. The summed E-state index contributed by atoms with van der Waals surface area (Å²) in [6, 6.07) is 19.4. The van der Waals surface area contributed by atoms with Crippen molar-refractivity contribution in [2.24, 2.45) is 0 Å². The number of hydrogen-bond donors (Lipinski definition) is 2. The van der Waals surface area contributed by atoms with E-state index in [-0.39, 0.29) is 18.3 Å². The van der Waals surface area contributed by atoms with Gasteiger partial charge in [0.25, 0.3) is 0 Å². The van der Waals surface area contributed by atoms with E-state index in [0.29, 0.717) is 28.5 Å². The zero-order valence-electron chi connectivity index (χ0n) is 20.8. The Hall–Kier alpha value is -3.22. The van der Waals surface area contributed by atoms with Crippen molar-refractivity contribution in [1.29, 1.82) is 0 Å². The Morgan fingerprint density at radius 3 is 2.47 bits per heavy atom. The smallest absolute Gasteiger partial charge is 0.410 e. The molecule has 0 saturated carbocycles.